The third-order valence-electron chi connectivity index (χ3n) is 5.06. The standard InChI is InChI=1S/C18H24FNO/c19-17-9-2-1-6-15(17)11-10-14-5-4-12-20(13-14)18(21)16-7-3-8-16/h1-2,6,9,14,16H,3-5,7-8,10-13H2/t14-/m1/s1. The van der Waals surface area contributed by atoms with Crippen molar-refractivity contribution in [2.24, 2.45) is 11.8 Å². The van der Waals surface area contributed by atoms with Crippen molar-refractivity contribution in [3.63, 3.8) is 0 Å². The van der Waals surface area contributed by atoms with Crippen molar-refractivity contribution >= 4 is 5.91 Å². The first kappa shape index (κ1) is 14.6. The first-order valence-corrected chi connectivity index (χ1v) is 8.26. The van der Waals surface area contributed by atoms with Gasteiger partial charge in [0.05, 0.1) is 0 Å². The average Bonchev–Trinajstić information content (AvgIpc) is 2.45. The Labute approximate surface area is 126 Å². The minimum atomic E-state index is -0.101. The van der Waals surface area contributed by atoms with Crippen molar-refractivity contribution in [1.29, 1.82) is 0 Å². The van der Waals surface area contributed by atoms with Crippen LogP contribution in [0.2, 0.25) is 0 Å². The molecule has 1 aromatic carbocycles. The number of rotatable bonds is 4. The zero-order chi connectivity index (χ0) is 14.7. The van der Waals surface area contributed by atoms with Crippen LogP contribution in [0.1, 0.15) is 44.1 Å². The van der Waals surface area contributed by atoms with Crippen LogP contribution >= 0.6 is 0 Å². The molecular formula is C18H24FNO. The van der Waals surface area contributed by atoms with Crippen LogP contribution in [-0.2, 0) is 11.2 Å². The molecule has 114 valence electrons. The van der Waals surface area contributed by atoms with E-state index in [1.54, 1.807) is 6.07 Å². The highest BCUT2D eigenvalue weighted by molar-refractivity contribution is 5.79. The fourth-order valence-corrected chi connectivity index (χ4v) is 3.48. The number of piperidine rings is 1. The predicted octanol–water partition coefficient (Wildman–Crippen LogP) is 3.80. The summed E-state index contributed by atoms with van der Waals surface area (Å²) in [5.41, 5.74) is 0.806. The Bertz CT molecular complexity index is 498. The van der Waals surface area contributed by atoms with Gasteiger partial charge in [0.25, 0.3) is 0 Å². The molecule has 2 fully saturated rings. The van der Waals surface area contributed by atoms with Gasteiger partial charge in [-0.15, -0.1) is 0 Å². The lowest BCUT2D eigenvalue weighted by Crippen LogP contribution is -2.44. The number of carbonyl (C=O) groups excluding carboxylic acids is 1. The summed E-state index contributed by atoms with van der Waals surface area (Å²) in [5.74, 6) is 1.10. The van der Waals surface area contributed by atoms with Crippen LogP contribution in [0, 0.1) is 17.7 Å². The number of carbonyl (C=O) groups is 1. The van der Waals surface area contributed by atoms with Gasteiger partial charge in [-0.1, -0.05) is 24.6 Å². The molecule has 1 atom stereocenters. The molecule has 2 aliphatic rings. The molecule has 0 bridgehead atoms. The fraction of sp³-hybridized carbons (Fsp3) is 0.611. The summed E-state index contributed by atoms with van der Waals surface area (Å²) in [5, 5.41) is 0. The normalized spacial score (nSPS) is 22.9. The van der Waals surface area contributed by atoms with E-state index in [0.29, 0.717) is 17.7 Å². The number of halogens is 1. The molecule has 1 amide bonds. The van der Waals surface area contributed by atoms with Gasteiger partial charge in [-0.25, -0.2) is 4.39 Å². The number of benzene rings is 1. The van der Waals surface area contributed by atoms with E-state index in [1.807, 2.05) is 12.1 Å². The Morgan fingerprint density at radius 3 is 2.71 bits per heavy atom. The Morgan fingerprint density at radius 2 is 2.00 bits per heavy atom. The largest absolute Gasteiger partial charge is 0.342 e. The van der Waals surface area contributed by atoms with Gasteiger partial charge < -0.3 is 4.90 Å². The zero-order valence-corrected chi connectivity index (χ0v) is 12.6. The SMILES string of the molecule is O=C(C1CCC1)N1CCC[C@H](CCc2ccccc2F)C1. The molecule has 0 aromatic heterocycles. The van der Waals surface area contributed by atoms with E-state index in [-0.39, 0.29) is 5.82 Å². The molecular weight excluding hydrogens is 265 g/mol. The van der Waals surface area contributed by atoms with Crippen LogP contribution in [-0.4, -0.2) is 23.9 Å². The van der Waals surface area contributed by atoms with Gasteiger partial charge in [0.15, 0.2) is 0 Å². The van der Waals surface area contributed by atoms with Gasteiger partial charge in [0.2, 0.25) is 5.91 Å². The lowest BCUT2D eigenvalue weighted by atomic mass is 9.83. The van der Waals surface area contributed by atoms with Gasteiger partial charge in [-0.3, -0.25) is 4.79 Å². The second kappa shape index (κ2) is 6.59. The predicted molar refractivity (Wildman–Crippen MR) is 81.4 cm³/mol. The van der Waals surface area contributed by atoms with E-state index < -0.39 is 0 Å². The molecule has 0 radical (unpaired) electrons. The van der Waals surface area contributed by atoms with E-state index >= 15 is 0 Å². The second-order valence-electron chi connectivity index (χ2n) is 6.55. The molecule has 0 unspecified atom stereocenters. The van der Waals surface area contributed by atoms with Gasteiger partial charge in [0.1, 0.15) is 5.82 Å². The summed E-state index contributed by atoms with van der Waals surface area (Å²) < 4.78 is 13.6. The van der Waals surface area contributed by atoms with Crippen LogP contribution in [0.3, 0.4) is 0 Å². The molecule has 1 heterocycles. The molecule has 0 spiro atoms. The zero-order valence-electron chi connectivity index (χ0n) is 12.6. The number of hydrogen-bond acceptors (Lipinski definition) is 1. The minimum absolute atomic E-state index is 0.101. The first-order chi connectivity index (χ1) is 10.2. The van der Waals surface area contributed by atoms with Crippen LogP contribution in [0.5, 0.6) is 0 Å². The van der Waals surface area contributed by atoms with Crippen molar-refractivity contribution in [2.45, 2.75) is 44.9 Å². The van der Waals surface area contributed by atoms with Gasteiger partial charge in [-0.2, -0.15) is 0 Å². The molecule has 1 aliphatic heterocycles. The summed E-state index contributed by atoms with van der Waals surface area (Å²) in [7, 11) is 0. The molecule has 0 N–H and O–H groups in total. The van der Waals surface area contributed by atoms with Crippen LogP contribution in [0.25, 0.3) is 0 Å². The lowest BCUT2D eigenvalue weighted by Gasteiger charge is -2.37. The van der Waals surface area contributed by atoms with Gasteiger partial charge in [-0.05, 0) is 56.1 Å². The highest BCUT2D eigenvalue weighted by atomic mass is 19.1. The molecule has 21 heavy (non-hydrogen) atoms. The minimum Gasteiger partial charge on any atom is -0.342 e. The van der Waals surface area contributed by atoms with Crippen molar-refractivity contribution in [1.82, 2.24) is 4.90 Å². The molecule has 3 heteroatoms. The van der Waals surface area contributed by atoms with E-state index in [0.717, 1.165) is 50.8 Å². The molecule has 1 saturated heterocycles. The fourth-order valence-electron chi connectivity index (χ4n) is 3.48. The van der Waals surface area contributed by atoms with Crippen molar-refractivity contribution < 1.29 is 9.18 Å². The van der Waals surface area contributed by atoms with Crippen molar-refractivity contribution in [3.05, 3.63) is 35.6 Å². The number of likely N-dealkylation sites (tertiary alicyclic amines) is 1. The molecule has 1 saturated carbocycles. The monoisotopic (exact) mass is 289 g/mol. The highest BCUT2D eigenvalue weighted by Crippen LogP contribution is 2.30. The maximum absolute atomic E-state index is 13.6. The quantitative estimate of drug-likeness (QED) is 0.825. The Balaban J connectivity index is 1.51. The second-order valence-corrected chi connectivity index (χ2v) is 6.55. The van der Waals surface area contributed by atoms with Crippen LogP contribution in [0.4, 0.5) is 4.39 Å². The van der Waals surface area contributed by atoms with Crippen LogP contribution < -0.4 is 0 Å². The summed E-state index contributed by atoms with van der Waals surface area (Å²) in [4.78, 5) is 14.4. The Kier molecular flexibility index (Phi) is 4.57. The Hall–Kier alpha value is -1.38. The molecule has 1 aliphatic carbocycles. The topological polar surface area (TPSA) is 20.3 Å². The third kappa shape index (κ3) is 3.45. The maximum Gasteiger partial charge on any atom is 0.225 e. The van der Waals surface area contributed by atoms with Crippen molar-refractivity contribution in [3.8, 4) is 0 Å². The summed E-state index contributed by atoms with van der Waals surface area (Å²) >= 11 is 0. The van der Waals surface area contributed by atoms with E-state index in [9.17, 15) is 9.18 Å². The highest BCUT2D eigenvalue weighted by Gasteiger charge is 2.32. The number of nitrogens with zero attached hydrogens (tertiary/aromatic N) is 1. The summed E-state index contributed by atoms with van der Waals surface area (Å²) in [6, 6.07) is 7.03. The number of aryl methyl sites for hydroxylation is 1. The third-order valence-corrected chi connectivity index (χ3v) is 5.06. The summed E-state index contributed by atoms with van der Waals surface area (Å²) in [6.45, 7) is 1.80. The average molecular weight is 289 g/mol. The van der Waals surface area contributed by atoms with E-state index in [1.165, 1.54) is 18.9 Å². The van der Waals surface area contributed by atoms with E-state index in [2.05, 4.69) is 4.90 Å². The molecule has 2 nitrogen and oxygen atoms in total. The number of hydrogen-bond donors (Lipinski definition) is 0. The van der Waals surface area contributed by atoms with Crippen molar-refractivity contribution in [2.75, 3.05) is 13.1 Å². The van der Waals surface area contributed by atoms with Gasteiger partial charge in [0, 0.05) is 19.0 Å². The van der Waals surface area contributed by atoms with Gasteiger partial charge >= 0.3 is 0 Å². The molecule has 3 rings (SSSR count). The van der Waals surface area contributed by atoms with E-state index in [4.69, 9.17) is 0 Å². The first-order valence-electron chi connectivity index (χ1n) is 8.26. The molecule has 1 aromatic rings. The lowest BCUT2D eigenvalue weighted by molar-refractivity contribution is -0.140. The Morgan fingerprint density at radius 1 is 1.19 bits per heavy atom. The smallest absolute Gasteiger partial charge is 0.225 e. The maximum atomic E-state index is 13.6. The summed E-state index contributed by atoms with van der Waals surface area (Å²) in [6.07, 6.45) is 7.40. The number of amides is 1. The van der Waals surface area contributed by atoms with Crippen LogP contribution in [0.15, 0.2) is 24.3 Å².